The van der Waals surface area contributed by atoms with Gasteiger partial charge in [0.05, 0.1) is 16.7 Å². The van der Waals surface area contributed by atoms with Crippen LogP contribution >= 0.6 is 0 Å². The summed E-state index contributed by atoms with van der Waals surface area (Å²) in [6.45, 7) is 0. The van der Waals surface area contributed by atoms with E-state index >= 15 is 0 Å². The standard InChI is InChI=1S/C54H36N2/c1-3-15-37(16-4-1)39-17-13-18-40(35-39)38-29-31-42(32-30-38)56-51-27-12-11-24-47(51)48-34-33-43(36-53(48)56)55(41-19-5-2-6-20-41)52-28-14-26-50-46-22-8-7-21-44(46)45-23-9-10-25-49(45)54(50)52/h1-36H. The summed E-state index contributed by atoms with van der Waals surface area (Å²) in [5.41, 5.74) is 11.7. The molecule has 11 rings (SSSR count). The predicted octanol–water partition coefficient (Wildman–Crippen LogP) is 15.0. The maximum atomic E-state index is 2.44. The van der Waals surface area contributed by atoms with E-state index in [0.717, 1.165) is 22.7 Å². The van der Waals surface area contributed by atoms with E-state index in [1.165, 1.54) is 76.4 Å². The van der Waals surface area contributed by atoms with Gasteiger partial charge >= 0.3 is 0 Å². The fraction of sp³-hybridized carbons (Fsp3) is 0. The molecule has 0 N–H and O–H groups in total. The zero-order chi connectivity index (χ0) is 37.0. The molecule has 0 saturated carbocycles. The third-order valence-electron chi connectivity index (χ3n) is 11.3. The van der Waals surface area contributed by atoms with Crippen molar-refractivity contribution in [3.8, 4) is 27.9 Å². The van der Waals surface area contributed by atoms with Crippen LogP contribution in [-0.2, 0) is 0 Å². The molecule has 0 aliphatic rings. The van der Waals surface area contributed by atoms with Crippen molar-refractivity contribution in [2.24, 2.45) is 0 Å². The first-order valence-corrected chi connectivity index (χ1v) is 19.3. The van der Waals surface area contributed by atoms with Gasteiger partial charge in [-0.05, 0) is 104 Å². The number of fused-ring (bicyclic) bond motifs is 9. The molecule has 0 atom stereocenters. The van der Waals surface area contributed by atoms with Crippen LogP contribution in [0, 0.1) is 0 Å². The van der Waals surface area contributed by atoms with E-state index < -0.39 is 0 Å². The van der Waals surface area contributed by atoms with Crippen LogP contribution in [0.5, 0.6) is 0 Å². The molecule has 0 aliphatic heterocycles. The Morgan fingerprint density at radius 3 is 1.48 bits per heavy atom. The molecule has 1 aromatic heterocycles. The molecule has 0 saturated heterocycles. The second kappa shape index (κ2) is 13.2. The van der Waals surface area contributed by atoms with E-state index in [-0.39, 0.29) is 0 Å². The van der Waals surface area contributed by atoms with Crippen molar-refractivity contribution < 1.29 is 0 Å². The van der Waals surface area contributed by atoms with Gasteiger partial charge in [-0.2, -0.15) is 0 Å². The predicted molar refractivity (Wildman–Crippen MR) is 239 cm³/mol. The molecule has 0 aliphatic carbocycles. The van der Waals surface area contributed by atoms with Crippen LogP contribution in [0.25, 0.3) is 82.1 Å². The number of benzene rings is 10. The summed E-state index contributed by atoms with van der Waals surface area (Å²) in [6, 6.07) is 79.4. The van der Waals surface area contributed by atoms with Crippen LogP contribution in [-0.4, -0.2) is 4.57 Å². The van der Waals surface area contributed by atoms with Crippen LogP contribution in [0.2, 0.25) is 0 Å². The van der Waals surface area contributed by atoms with Crippen molar-refractivity contribution in [3.05, 3.63) is 218 Å². The van der Waals surface area contributed by atoms with E-state index in [2.05, 4.69) is 228 Å². The molecular weight excluding hydrogens is 677 g/mol. The first kappa shape index (κ1) is 32.0. The molecule has 0 amide bonds. The van der Waals surface area contributed by atoms with Crippen LogP contribution in [0.15, 0.2) is 218 Å². The smallest absolute Gasteiger partial charge is 0.0561 e. The second-order valence-electron chi connectivity index (χ2n) is 14.5. The summed E-state index contributed by atoms with van der Waals surface area (Å²) < 4.78 is 2.42. The number of nitrogens with zero attached hydrogens (tertiary/aromatic N) is 2. The first-order chi connectivity index (χ1) is 27.8. The van der Waals surface area contributed by atoms with Gasteiger partial charge < -0.3 is 9.47 Å². The molecule has 0 unspecified atom stereocenters. The van der Waals surface area contributed by atoms with Crippen molar-refractivity contribution in [2.75, 3.05) is 4.90 Å². The topological polar surface area (TPSA) is 8.17 Å². The van der Waals surface area contributed by atoms with Gasteiger partial charge in [-0.1, -0.05) is 164 Å². The summed E-state index contributed by atoms with van der Waals surface area (Å²) in [6.07, 6.45) is 0. The molecule has 2 heteroatoms. The fourth-order valence-corrected chi connectivity index (χ4v) is 8.82. The zero-order valence-corrected chi connectivity index (χ0v) is 30.7. The lowest BCUT2D eigenvalue weighted by Gasteiger charge is -2.28. The van der Waals surface area contributed by atoms with E-state index in [9.17, 15) is 0 Å². The molecule has 0 radical (unpaired) electrons. The molecule has 0 fully saturated rings. The van der Waals surface area contributed by atoms with Crippen molar-refractivity contribution in [2.45, 2.75) is 0 Å². The summed E-state index contributed by atoms with van der Waals surface area (Å²) >= 11 is 0. The highest BCUT2D eigenvalue weighted by atomic mass is 15.1. The summed E-state index contributed by atoms with van der Waals surface area (Å²) in [7, 11) is 0. The Bertz CT molecular complexity index is 3190. The van der Waals surface area contributed by atoms with Crippen molar-refractivity contribution in [1.29, 1.82) is 0 Å². The lowest BCUT2D eigenvalue weighted by Crippen LogP contribution is -2.10. The highest BCUT2D eigenvalue weighted by Gasteiger charge is 2.21. The Morgan fingerprint density at radius 2 is 0.786 bits per heavy atom. The van der Waals surface area contributed by atoms with Gasteiger partial charge in [-0.15, -0.1) is 0 Å². The minimum atomic E-state index is 1.10. The van der Waals surface area contributed by atoms with Crippen LogP contribution in [0.1, 0.15) is 0 Å². The SMILES string of the molecule is c1ccc(-c2cccc(-c3ccc(-n4c5ccccc5c5ccc(N(c6ccccc6)c6cccc7c8ccccc8c8ccccc8c67)cc54)cc3)c2)cc1. The largest absolute Gasteiger partial charge is 0.310 e. The lowest BCUT2D eigenvalue weighted by molar-refractivity contribution is 1.18. The van der Waals surface area contributed by atoms with Gasteiger partial charge in [0.25, 0.3) is 0 Å². The van der Waals surface area contributed by atoms with Gasteiger partial charge in [0.15, 0.2) is 0 Å². The average Bonchev–Trinajstić information content (AvgIpc) is 3.61. The monoisotopic (exact) mass is 712 g/mol. The number of hydrogen-bond acceptors (Lipinski definition) is 1. The second-order valence-corrected chi connectivity index (χ2v) is 14.5. The van der Waals surface area contributed by atoms with Gasteiger partial charge in [0.2, 0.25) is 0 Å². The van der Waals surface area contributed by atoms with Crippen LogP contribution < -0.4 is 4.90 Å². The summed E-state index contributed by atoms with van der Waals surface area (Å²) in [5, 5.41) is 10.0. The molecule has 2 nitrogen and oxygen atoms in total. The zero-order valence-electron chi connectivity index (χ0n) is 30.7. The van der Waals surface area contributed by atoms with Gasteiger partial charge in [0, 0.05) is 33.2 Å². The fourth-order valence-electron chi connectivity index (χ4n) is 8.82. The minimum absolute atomic E-state index is 1.10. The Balaban J connectivity index is 1.11. The highest BCUT2D eigenvalue weighted by molar-refractivity contribution is 6.28. The van der Waals surface area contributed by atoms with Gasteiger partial charge in [-0.25, -0.2) is 0 Å². The van der Waals surface area contributed by atoms with E-state index in [1.807, 2.05) is 0 Å². The molecule has 1 heterocycles. The maximum Gasteiger partial charge on any atom is 0.0561 e. The van der Waals surface area contributed by atoms with E-state index in [4.69, 9.17) is 0 Å². The Hall–Kier alpha value is -7.42. The van der Waals surface area contributed by atoms with Crippen molar-refractivity contribution in [1.82, 2.24) is 4.57 Å². The molecule has 10 aromatic carbocycles. The third-order valence-corrected chi connectivity index (χ3v) is 11.3. The average molecular weight is 713 g/mol. The summed E-state index contributed by atoms with van der Waals surface area (Å²) in [4.78, 5) is 2.44. The molecular formula is C54H36N2. The Labute approximate surface area is 325 Å². The first-order valence-electron chi connectivity index (χ1n) is 19.3. The number of aromatic nitrogens is 1. The summed E-state index contributed by atoms with van der Waals surface area (Å²) in [5.74, 6) is 0. The molecule has 262 valence electrons. The minimum Gasteiger partial charge on any atom is -0.310 e. The van der Waals surface area contributed by atoms with Gasteiger partial charge in [-0.3, -0.25) is 0 Å². The molecule has 0 bridgehead atoms. The number of anilines is 3. The van der Waals surface area contributed by atoms with Crippen LogP contribution in [0.3, 0.4) is 0 Å². The number of hydrogen-bond donors (Lipinski definition) is 0. The Morgan fingerprint density at radius 1 is 0.286 bits per heavy atom. The Kier molecular flexibility index (Phi) is 7.53. The number of rotatable bonds is 6. The maximum absolute atomic E-state index is 2.44. The lowest BCUT2D eigenvalue weighted by atomic mass is 9.93. The van der Waals surface area contributed by atoms with Crippen molar-refractivity contribution >= 4 is 71.2 Å². The van der Waals surface area contributed by atoms with E-state index in [1.54, 1.807) is 0 Å². The van der Waals surface area contributed by atoms with Crippen molar-refractivity contribution in [3.63, 3.8) is 0 Å². The van der Waals surface area contributed by atoms with E-state index in [0.29, 0.717) is 0 Å². The normalized spacial score (nSPS) is 11.6. The third kappa shape index (κ3) is 5.19. The van der Waals surface area contributed by atoms with Crippen LogP contribution in [0.4, 0.5) is 17.1 Å². The number of para-hydroxylation sites is 2. The molecule has 0 spiro atoms. The molecule has 56 heavy (non-hydrogen) atoms. The van der Waals surface area contributed by atoms with Gasteiger partial charge in [0.1, 0.15) is 0 Å². The highest BCUT2D eigenvalue weighted by Crippen LogP contribution is 2.46. The molecule has 11 aromatic rings. The quantitative estimate of drug-likeness (QED) is 0.156.